The zero-order chi connectivity index (χ0) is 11.5. The lowest BCUT2D eigenvalue weighted by Gasteiger charge is -2.39. The molecule has 2 rings (SSSR count). The molecule has 1 saturated heterocycles. The van der Waals surface area contributed by atoms with Gasteiger partial charge in [-0.15, -0.1) is 0 Å². The number of rotatable bonds is 2. The Labute approximate surface area is 95.7 Å². The molecule has 2 unspecified atom stereocenters. The number of hydrogen-bond acceptors (Lipinski definition) is 5. The number of aliphatic hydroxyl groups excluding tert-OH is 1. The first kappa shape index (κ1) is 11.4. The normalized spacial score (nSPS) is 25.6. The topological polar surface area (TPSA) is 52.5 Å². The van der Waals surface area contributed by atoms with E-state index in [9.17, 15) is 5.11 Å². The molecular formula is C11H18N4O. The molecule has 16 heavy (non-hydrogen) atoms. The number of piperazine rings is 1. The number of hydrogen-bond donors (Lipinski definition) is 1. The van der Waals surface area contributed by atoms with Gasteiger partial charge in [-0.3, -0.25) is 14.9 Å². The van der Waals surface area contributed by atoms with E-state index < -0.39 is 6.10 Å². The van der Waals surface area contributed by atoms with E-state index in [1.165, 1.54) is 0 Å². The van der Waals surface area contributed by atoms with Gasteiger partial charge in [0.15, 0.2) is 0 Å². The van der Waals surface area contributed by atoms with Gasteiger partial charge in [-0.2, -0.15) is 0 Å². The van der Waals surface area contributed by atoms with Gasteiger partial charge in [-0.1, -0.05) is 0 Å². The third-order valence-electron chi connectivity index (χ3n) is 3.15. The van der Waals surface area contributed by atoms with E-state index in [0.717, 1.165) is 19.6 Å². The molecule has 2 heterocycles. The fourth-order valence-corrected chi connectivity index (χ4v) is 2.05. The van der Waals surface area contributed by atoms with Crippen molar-refractivity contribution in [1.29, 1.82) is 0 Å². The van der Waals surface area contributed by atoms with E-state index >= 15 is 0 Å². The predicted molar refractivity (Wildman–Crippen MR) is 60.9 cm³/mol. The Hall–Kier alpha value is -1.04. The van der Waals surface area contributed by atoms with Crippen LogP contribution in [0.2, 0.25) is 0 Å². The Balaban J connectivity index is 2.11. The Bertz CT molecular complexity index is 332. The summed E-state index contributed by atoms with van der Waals surface area (Å²) in [5.41, 5.74) is 0.648. The van der Waals surface area contributed by atoms with Crippen LogP contribution in [0.4, 0.5) is 0 Å². The summed E-state index contributed by atoms with van der Waals surface area (Å²) in [6, 6.07) is 0.0930. The van der Waals surface area contributed by atoms with Crippen molar-refractivity contribution in [3.05, 3.63) is 24.3 Å². The molecule has 1 aromatic heterocycles. The van der Waals surface area contributed by atoms with Gasteiger partial charge in [0.2, 0.25) is 0 Å². The standard InChI is InChI=1S/C11H18N4O/c1-14-5-6-15(2)10(8-14)11(16)9-7-12-3-4-13-9/h3-4,7,10-11,16H,5-6,8H2,1-2H3. The number of aliphatic hydroxyl groups is 1. The maximum absolute atomic E-state index is 10.3. The molecule has 5 nitrogen and oxygen atoms in total. The van der Waals surface area contributed by atoms with Gasteiger partial charge in [0, 0.05) is 32.0 Å². The number of aromatic nitrogens is 2. The van der Waals surface area contributed by atoms with Crippen molar-refractivity contribution in [2.75, 3.05) is 33.7 Å². The van der Waals surface area contributed by atoms with Crippen molar-refractivity contribution in [3.63, 3.8) is 0 Å². The molecule has 0 aromatic carbocycles. The third-order valence-corrected chi connectivity index (χ3v) is 3.15. The van der Waals surface area contributed by atoms with Crippen LogP contribution in [0.5, 0.6) is 0 Å². The monoisotopic (exact) mass is 222 g/mol. The summed E-state index contributed by atoms with van der Waals surface area (Å²) >= 11 is 0. The lowest BCUT2D eigenvalue weighted by Crippen LogP contribution is -2.52. The van der Waals surface area contributed by atoms with E-state index in [1.807, 2.05) is 7.05 Å². The molecule has 0 aliphatic carbocycles. The Kier molecular flexibility index (Phi) is 3.48. The van der Waals surface area contributed by atoms with Crippen molar-refractivity contribution in [2.24, 2.45) is 0 Å². The molecule has 0 bridgehead atoms. The van der Waals surface area contributed by atoms with Crippen LogP contribution in [-0.2, 0) is 0 Å². The van der Waals surface area contributed by atoms with Gasteiger partial charge in [0.05, 0.1) is 17.9 Å². The van der Waals surface area contributed by atoms with Crippen LogP contribution in [0.25, 0.3) is 0 Å². The van der Waals surface area contributed by atoms with E-state index in [0.29, 0.717) is 5.69 Å². The molecule has 1 fully saturated rings. The van der Waals surface area contributed by atoms with Gasteiger partial charge in [-0.25, -0.2) is 0 Å². The second-order valence-corrected chi connectivity index (χ2v) is 4.39. The summed E-state index contributed by atoms with van der Waals surface area (Å²) in [5.74, 6) is 0. The van der Waals surface area contributed by atoms with Crippen LogP contribution >= 0.6 is 0 Å². The molecule has 0 radical (unpaired) electrons. The summed E-state index contributed by atoms with van der Waals surface area (Å²) in [7, 11) is 4.11. The molecule has 1 aliphatic rings. The minimum Gasteiger partial charge on any atom is -0.385 e. The summed E-state index contributed by atoms with van der Waals surface area (Å²) in [4.78, 5) is 12.6. The zero-order valence-corrected chi connectivity index (χ0v) is 9.74. The van der Waals surface area contributed by atoms with E-state index in [2.05, 4.69) is 26.8 Å². The average molecular weight is 222 g/mol. The summed E-state index contributed by atoms with van der Waals surface area (Å²) in [6.45, 7) is 2.87. The lowest BCUT2D eigenvalue weighted by molar-refractivity contribution is 0.0116. The Morgan fingerprint density at radius 3 is 2.88 bits per heavy atom. The largest absolute Gasteiger partial charge is 0.385 e. The van der Waals surface area contributed by atoms with Crippen LogP contribution < -0.4 is 0 Å². The van der Waals surface area contributed by atoms with Gasteiger partial charge >= 0.3 is 0 Å². The second-order valence-electron chi connectivity index (χ2n) is 4.39. The highest BCUT2D eigenvalue weighted by molar-refractivity contribution is 5.04. The third kappa shape index (κ3) is 2.37. The average Bonchev–Trinajstić information content (AvgIpc) is 2.32. The van der Waals surface area contributed by atoms with Crippen LogP contribution in [0, 0.1) is 0 Å². The van der Waals surface area contributed by atoms with Crippen molar-refractivity contribution >= 4 is 0 Å². The highest BCUT2D eigenvalue weighted by Crippen LogP contribution is 2.20. The number of nitrogens with zero attached hydrogens (tertiary/aromatic N) is 4. The van der Waals surface area contributed by atoms with Crippen molar-refractivity contribution in [2.45, 2.75) is 12.1 Å². The fourth-order valence-electron chi connectivity index (χ4n) is 2.05. The molecule has 1 aromatic rings. The fraction of sp³-hybridized carbons (Fsp3) is 0.636. The highest BCUT2D eigenvalue weighted by Gasteiger charge is 2.30. The first-order valence-corrected chi connectivity index (χ1v) is 5.51. The smallest absolute Gasteiger partial charge is 0.114 e. The predicted octanol–water partition coefficient (Wildman–Crippen LogP) is -0.244. The Morgan fingerprint density at radius 2 is 2.19 bits per heavy atom. The molecular weight excluding hydrogens is 204 g/mol. The lowest BCUT2D eigenvalue weighted by atomic mass is 10.0. The molecule has 88 valence electrons. The molecule has 2 atom stereocenters. The molecule has 0 saturated carbocycles. The van der Waals surface area contributed by atoms with Gasteiger partial charge in [0.1, 0.15) is 6.10 Å². The van der Waals surface area contributed by atoms with Crippen LogP contribution in [0.15, 0.2) is 18.6 Å². The van der Waals surface area contributed by atoms with Crippen molar-refractivity contribution < 1.29 is 5.11 Å². The van der Waals surface area contributed by atoms with E-state index in [-0.39, 0.29) is 6.04 Å². The maximum atomic E-state index is 10.3. The quantitative estimate of drug-likeness (QED) is 0.748. The number of likely N-dealkylation sites (N-methyl/N-ethyl adjacent to an activating group) is 2. The molecule has 1 N–H and O–H groups in total. The highest BCUT2D eigenvalue weighted by atomic mass is 16.3. The minimum atomic E-state index is -0.568. The minimum absolute atomic E-state index is 0.0930. The van der Waals surface area contributed by atoms with Crippen molar-refractivity contribution in [1.82, 2.24) is 19.8 Å². The Morgan fingerprint density at radius 1 is 1.38 bits per heavy atom. The zero-order valence-electron chi connectivity index (χ0n) is 9.74. The van der Waals surface area contributed by atoms with E-state index in [1.54, 1.807) is 18.6 Å². The van der Waals surface area contributed by atoms with Gasteiger partial charge < -0.3 is 10.0 Å². The first-order valence-electron chi connectivity index (χ1n) is 5.51. The summed E-state index contributed by atoms with van der Waals surface area (Å²) in [5, 5.41) is 10.3. The van der Waals surface area contributed by atoms with Gasteiger partial charge in [0.25, 0.3) is 0 Å². The SMILES string of the molecule is CN1CCN(C)C(C(O)c2cnccn2)C1. The first-order chi connectivity index (χ1) is 7.68. The van der Waals surface area contributed by atoms with Crippen LogP contribution in [0.1, 0.15) is 11.8 Å². The molecule has 0 amide bonds. The molecule has 1 aliphatic heterocycles. The maximum Gasteiger partial charge on any atom is 0.114 e. The molecule has 5 heteroatoms. The second kappa shape index (κ2) is 4.86. The summed E-state index contributed by atoms with van der Waals surface area (Å²) < 4.78 is 0. The molecule has 0 spiro atoms. The van der Waals surface area contributed by atoms with Crippen LogP contribution in [-0.4, -0.2) is 64.6 Å². The van der Waals surface area contributed by atoms with Crippen molar-refractivity contribution in [3.8, 4) is 0 Å². The van der Waals surface area contributed by atoms with Crippen LogP contribution in [0.3, 0.4) is 0 Å². The van der Waals surface area contributed by atoms with E-state index in [4.69, 9.17) is 0 Å². The van der Waals surface area contributed by atoms with Gasteiger partial charge in [-0.05, 0) is 14.1 Å². The summed E-state index contributed by atoms with van der Waals surface area (Å²) in [6.07, 6.45) is 4.30.